The van der Waals surface area contributed by atoms with Gasteiger partial charge in [0.2, 0.25) is 0 Å². The molecule has 1 rings (SSSR count). The molecular formula is C9H8F4O3S. The van der Waals surface area contributed by atoms with Crippen LogP contribution in [0.5, 0.6) is 5.75 Å². The topological polar surface area (TPSA) is 43.4 Å². The smallest absolute Gasteiger partial charge is 0.419 e. The van der Waals surface area contributed by atoms with Crippen molar-refractivity contribution in [3.8, 4) is 5.75 Å². The summed E-state index contributed by atoms with van der Waals surface area (Å²) in [6.07, 6.45) is -4.61. The average molecular weight is 272 g/mol. The van der Waals surface area contributed by atoms with Crippen LogP contribution in [0.25, 0.3) is 0 Å². The van der Waals surface area contributed by atoms with Crippen LogP contribution in [0, 0.1) is 0 Å². The second-order valence-corrected chi connectivity index (χ2v) is 4.58. The highest BCUT2D eigenvalue weighted by Gasteiger charge is 2.34. The fourth-order valence-electron chi connectivity index (χ4n) is 1.26. The van der Waals surface area contributed by atoms with Crippen LogP contribution in [0.1, 0.15) is 11.1 Å². The first kappa shape index (κ1) is 13.8. The number of methoxy groups -OCH3 is 1. The van der Waals surface area contributed by atoms with Crippen LogP contribution in [0.3, 0.4) is 0 Å². The van der Waals surface area contributed by atoms with E-state index in [9.17, 15) is 25.5 Å². The molecule has 0 fully saturated rings. The molecule has 0 bridgehead atoms. The van der Waals surface area contributed by atoms with Gasteiger partial charge in [0.1, 0.15) is 11.5 Å². The summed E-state index contributed by atoms with van der Waals surface area (Å²) >= 11 is 0. The minimum atomic E-state index is -4.79. The lowest BCUT2D eigenvalue weighted by Crippen LogP contribution is -2.08. The zero-order valence-corrected chi connectivity index (χ0v) is 9.40. The molecule has 8 heteroatoms. The maximum atomic E-state index is 12.4. The lowest BCUT2D eigenvalue weighted by Gasteiger charge is -2.12. The van der Waals surface area contributed by atoms with E-state index in [1.807, 2.05) is 0 Å². The minimum absolute atomic E-state index is 0.114. The van der Waals surface area contributed by atoms with E-state index < -0.39 is 33.5 Å². The van der Waals surface area contributed by atoms with Crippen molar-refractivity contribution in [3.05, 3.63) is 29.3 Å². The zero-order chi connectivity index (χ0) is 13.3. The van der Waals surface area contributed by atoms with Crippen molar-refractivity contribution in [1.29, 1.82) is 0 Å². The molecule has 0 radical (unpaired) electrons. The van der Waals surface area contributed by atoms with Gasteiger partial charge in [0.25, 0.3) is 0 Å². The molecule has 0 spiro atoms. The zero-order valence-electron chi connectivity index (χ0n) is 8.58. The van der Waals surface area contributed by atoms with Crippen LogP contribution in [0.15, 0.2) is 18.2 Å². The van der Waals surface area contributed by atoms with Crippen molar-refractivity contribution in [1.82, 2.24) is 0 Å². The Morgan fingerprint density at radius 1 is 1.29 bits per heavy atom. The van der Waals surface area contributed by atoms with Gasteiger partial charge in [-0.15, -0.1) is 3.89 Å². The van der Waals surface area contributed by atoms with Crippen LogP contribution < -0.4 is 4.74 Å². The number of benzene rings is 1. The summed E-state index contributed by atoms with van der Waals surface area (Å²) in [5.74, 6) is -1.53. The van der Waals surface area contributed by atoms with E-state index in [-0.39, 0.29) is 5.56 Å². The third kappa shape index (κ3) is 3.88. The number of hydrogen-bond donors (Lipinski definition) is 0. The number of rotatable bonds is 3. The third-order valence-corrected chi connectivity index (χ3v) is 2.59. The number of ether oxygens (including phenoxy) is 1. The molecule has 0 aliphatic heterocycles. The highest BCUT2D eigenvalue weighted by Crippen LogP contribution is 2.36. The molecule has 3 nitrogen and oxygen atoms in total. The van der Waals surface area contributed by atoms with Crippen molar-refractivity contribution in [2.45, 2.75) is 11.9 Å². The molecule has 0 amide bonds. The van der Waals surface area contributed by atoms with Crippen molar-refractivity contribution < 1.29 is 30.2 Å². The fourth-order valence-corrected chi connectivity index (χ4v) is 1.84. The van der Waals surface area contributed by atoms with E-state index in [0.29, 0.717) is 6.07 Å². The van der Waals surface area contributed by atoms with E-state index in [2.05, 4.69) is 4.74 Å². The molecule has 0 aromatic heterocycles. The Bertz CT molecular complexity index is 507. The van der Waals surface area contributed by atoms with Crippen molar-refractivity contribution in [2.75, 3.05) is 7.11 Å². The molecule has 0 aliphatic rings. The van der Waals surface area contributed by atoms with Gasteiger partial charge in [-0.05, 0) is 17.7 Å². The van der Waals surface area contributed by atoms with Crippen LogP contribution in [-0.2, 0) is 22.2 Å². The van der Waals surface area contributed by atoms with E-state index in [1.165, 1.54) is 0 Å². The summed E-state index contributed by atoms with van der Waals surface area (Å²) in [6, 6.07) is 2.39. The molecular weight excluding hydrogens is 264 g/mol. The van der Waals surface area contributed by atoms with Gasteiger partial charge in [0.05, 0.1) is 12.7 Å². The quantitative estimate of drug-likeness (QED) is 0.627. The molecule has 0 aliphatic carbocycles. The number of alkyl halides is 3. The Hall–Kier alpha value is -1.31. The normalized spacial score (nSPS) is 12.5. The van der Waals surface area contributed by atoms with Crippen molar-refractivity contribution in [2.24, 2.45) is 0 Å². The first-order valence-electron chi connectivity index (χ1n) is 4.30. The maximum absolute atomic E-state index is 12.4. The van der Waals surface area contributed by atoms with Gasteiger partial charge < -0.3 is 4.74 Å². The predicted molar refractivity (Wildman–Crippen MR) is 51.7 cm³/mol. The van der Waals surface area contributed by atoms with Crippen LogP contribution in [0.4, 0.5) is 17.1 Å². The first-order chi connectivity index (χ1) is 7.63. The Labute approximate surface area is 95.2 Å². The van der Waals surface area contributed by atoms with E-state index in [4.69, 9.17) is 0 Å². The van der Waals surface area contributed by atoms with E-state index >= 15 is 0 Å². The van der Waals surface area contributed by atoms with Crippen molar-refractivity contribution in [3.63, 3.8) is 0 Å². The maximum Gasteiger partial charge on any atom is 0.419 e. The standard InChI is InChI=1S/C9H8F4O3S/c1-16-8-4-6(5-17(13,14)15)2-3-7(8)9(10,11)12/h2-4H,5H2,1H3. The third-order valence-electron chi connectivity index (χ3n) is 1.91. The van der Waals surface area contributed by atoms with Crippen LogP contribution in [0.2, 0.25) is 0 Å². The van der Waals surface area contributed by atoms with E-state index in [0.717, 1.165) is 19.2 Å². The largest absolute Gasteiger partial charge is 0.496 e. The molecule has 0 heterocycles. The summed E-state index contributed by atoms with van der Waals surface area (Å²) in [7, 11) is -3.78. The SMILES string of the molecule is COc1cc(CS(=O)(=O)F)ccc1C(F)(F)F. The highest BCUT2D eigenvalue weighted by atomic mass is 32.3. The van der Waals surface area contributed by atoms with Gasteiger partial charge >= 0.3 is 16.4 Å². The molecule has 1 aromatic carbocycles. The molecule has 0 unspecified atom stereocenters. The molecule has 96 valence electrons. The van der Waals surface area contributed by atoms with Crippen molar-refractivity contribution >= 4 is 10.2 Å². The fraction of sp³-hybridized carbons (Fsp3) is 0.333. The first-order valence-corrected chi connectivity index (χ1v) is 5.85. The Kier molecular flexibility index (Phi) is 3.65. The summed E-state index contributed by atoms with van der Waals surface area (Å²) in [5.41, 5.74) is -1.16. The van der Waals surface area contributed by atoms with Gasteiger partial charge in [-0.3, -0.25) is 0 Å². The molecule has 0 N–H and O–H groups in total. The molecule has 1 aromatic rings. The molecule has 17 heavy (non-hydrogen) atoms. The Morgan fingerprint density at radius 3 is 2.29 bits per heavy atom. The van der Waals surface area contributed by atoms with Gasteiger partial charge in [-0.2, -0.15) is 21.6 Å². The second kappa shape index (κ2) is 4.52. The highest BCUT2D eigenvalue weighted by molar-refractivity contribution is 7.85. The second-order valence-electron chi connectivity index (χ2n) is 3.22. The Morgan fingerprint density at radius 2 is 1.88 bits per heavy atom. The lowest BCUT2D eigenvalue weighted by atomic mass is 10.1. The van der Waals surface area contributed by atoms with Gasteiger partial charge in [0.15, 0.2) is 0 Å². The summed E-state index contributed by atoms with van der Waals surface area (Å²) in [5, 5.41) is 0. The van der Waals surface area contributed by atoms with Gasteiger partial charge in [-0.1, -0.05) is 6.07 Å². The van der Waals surface area contributed by atoms with E-state index in [1.54, 1.807) is 0 Å². The number of halogens is 4. The molecule has 0 saturated heterocycles. The van der Waals surface area contributed by atoms with Gasteiger partial charge in [-0.25, -0.2) is 0 Å². The van der Waals surface area contributed by atoms with Gasteiger partial charge in [0, 0.05) is 0 Å². The lowest BCUT2D eigenvalue weighted by molar-refractivity contribution is -0.138. The summed E-state index contributed by atoms with van der Waals surface area (Å²) in [6.45, 7) is 0. The summed E-state index contributed by atoms with van der Waals surface area (Å²) in [4.78, 5) is 0. The van der Waals surface area contributed by atoms with Crippen LogP contribution >= 0.6 is 0 Å². The van der Waals surface area contributed by atoms with Crippen LogP contribution in [-0.4, -0.2) is 15.5 Å². The molecule has 0 saturated carbocycles. The Balaban J connectivity index is 3.18. The minimum Gasteiger partial charge on any atom is -0.496 e. The molecule has 0 atom stereocenters. The number of hydrogen-bond acceptors (Lipinski definition) is 3. The summed E-state index contributed by atoms with van der Waals surface area (Å²) < 4.78 is 74.8. The average Bonchev–Trinajstić information content (AvgIpc) is 2.13. The predicted octanol–water partition coefficient (Wildman–Crippen LogP) is 2.51. The monoisotopic (exact) mass is 272 g/mol.